The first-order valence-electron chi connectivity index (χ1n) is 4.98. The Morgan fingerprint density at radius 1 is 1.69 bits per heavy atom. The summed E-state index contributed by atoms with van der Waals surface area (Å²) < 4.78 is 5.33. The highest BCUT2D eigenvalue weighted by Gasteiger charge is 2.08. The molecule has 0 saturated heterocycles. The fourth-order valence-corrected chi connectivity index (χ4v) is 1.63. The smallest absolute Gasteiger partial charge is 0.122 e. The molecule has 0 unspecified atom stereocenters. The second-order valence-corrected chi connectivity index (χ2v) is 3.68. The molecule has 1 heterocycles. The van der Waals surface area contributed by atoms with Crippen LogP contribution in [-0.2, 0) is 10.1 Å². The zero-order chi connectivity index (χ0) is 12.0. The lowest BCUT2D eigenvalue weighted by molar-refractivity contribution is 0.247. The summed E-state index contributed by atoms with van der Waals surface area (Å²) in [6.07, 6.45) is 3.22. The third kappa shape index (κ3) is 3.10. The van der Waals surface area contributed by atoms with Gasteiger partial charge < -0.3 is 10.5 Å². The van der Waals surface area contributed by atoms with Crippen molar-refractivity contribution in [3.8, 4) is 0 Å². The highest BCUT2D eigenvalue weighted by Crippen LogP contribution is 2.21. The summed E-state index contributed by atoms with van der Waals surface area (Å²) in [4.78, 5) is 4.25. The Labute approximate surface area is 104 Å². The van der Waals surface area contributed by atoms with Gasteiger partial charge >= 0.3 is 0 Å². The van der Waals surface area contributed by atoms with Crippen molar-refractivity contribution in [3.05, 3.63) is 48.1 Å². The highest BCUT2D eigenvalue weighted by molar-refractivity contribution is 9.08. The first-order chi connectivity index (χ1) is 7.72. The van der Waals surface area contributed by atoms with Gasteiger partial charge in [0.2, 0.25) is 0 Å². The predicted molar refractivity (Wildman–Crippen MR) is 69.8 cm³/mol. The molecule has 3 nitrogen and oxygen atoms in total. The van der Waals surface area contributed by atoms with Crippen LogP contribution in [0.3, 0.4) is 0 Å². The molecule has 1 rings (SSSR count). The number of ether oxygens (including phenoxy) is 1. The van der Waals surface area contributed by atoms with Crippen LogP contribution in [0.2, 0.25) is 0 Å². The van der Waals surface area contributed by atoms with E-state index < -0.39 is 0 Å². The monoisotopic (exact) mass is 282 g/mol. The molecule has 0 saturated carbocycles. The fourth-order valence-electron chi connectivity index (χ4n) is 1.28. The minimum atomic E-state index is 0.546. The number of hydrogen-bond acceptors (Lipinski definition) is 3. The second-order valence-electron chi connectivity index (χ2n) is 3.12. The molecule has 0 aromatic carbocycles. The standard InChI is InChI=1S/C12H15BrN2O/c1-3-16-9(2)11(8-14)12-6-10(7-13)4-5-15-12/h4-6,8H,2-3,7,14H2,1H3. The average molecular weight is 283 g/mol. The largest absolute Gasteiger partial charge is 0.494 e. The molecule has 0 bridgehead atoms. The van der Waals surface area contributed by atoms with E-state index in [4.69, 9.17) is 10.5 Å². The minimum Gasteiger partial charge on any atom is -0.494 e. The van der Waals surface area contributed by atoms with Crippen molar-refractivity contribution in [1.82, 2.24) is 4.98 Å². The van der Waals surface area contributed by atoms with Crippen molar-refractivity contribution in [2.24, 2.45) is 5.73 Å². The topological polar surface area (TPSA) is 48.1 Å². The van der Waals surface area contributed by atoms with E-state index in [-0.39, 0.29) is 0 Å². The Morgan fingerprint density at radius 2 is 2.44 bits per heavy atom. The lowest BCUT2D eigenvalue weighted by atomic mass is 10.1. The Hall–Kier alpha value is -1.29. The van der Waals surface area contributed by atoms with Crippen LogP contribution in [0, 0.1) is 0 Å². The molecule has 2 N–H and O–H groups in total. The van der Waals surface area contributed by atoms with Crippen LogP contribution in [-0.4, -0.2) is 11.6 Å². The molecule has 0 aliphatic heterocycles. The summed E-state index contributed by atoms with van der Waals surface area (Å²) in [7, 11) is 0. The van der Waals surface area contributed by atoms with E-state index in [0.717, 1.165) is 22.2 Å². The van der Waals surface area contributed by atoms with Crippen molar-refractivity contribution in [3.63, 3.8) is 0 Å². The van der Waals surface area contributed by atoms with Crippen LogP contribution in [0.1, 0.15) is 18.2 Å². The van der Waals surface area contributed by atoms with Gasteiger partial charge in [0.05, 0.1) is 17.9 Å². The first kappa shape index (κ1) is 12.8. The van der Waals surface area contributed by atoms with Gasteiger partial charge in [-0.1, -0.05) is 22.5 Å². The maximum Gasteiger partial charge on any atom is 0.122 e. The number of halogens is 1. The van der Waals surface area contributed by atoms with Crippen LogP contribution in [0.15, 0.2) is 36.9 Å². The zero-order valence-electron chi connectivity index (χ0n) is 9.24. The van der Waals surface area contributed by atoms with E-state index in [1.807, 2.05) is 19.1 Å². The molecule has 0 radical (unpaired) electrons. The maximum absolute atomic E-state index is 5.57. The molecule has 1 aromatic rings. The lowest BCUT2D eigenvalue weighted by Gasteiger charge is -2.10. The average Bonchev–Trinajstić information content (AvgIpc) is 2.31. The van der Waals surface area contributed by atoms with E-state index in [1.165, 1.54) is 6.20 Å². The molecule has 0 aliphatic carbocycles. The van der Waals surface area contributed by atoms with Crippen LogP contribution < -0.4 is 5.73 Å². The molecule has 16 heavy (non-hydrogen) atoms. The summed E-state index contributed by atoms with van der Waals surface area (Å²) in [6, 6.07) is 3.90. The summed E-state index contributed by atoms with van der Waals surface area (Å²) in [5.41, 5.74) is 8.21. The molecule has 0 atom stereocenters. The van der Waals surface area contributed by atoms with Gasteiger partial charge in [-0.15, -0.1) is 0 Å². The number of rotatable bonds is 5. The first-order valence-corrected chi connectivity index (χ1v) is 6.10. The quantitative estimate of drug-likeness (QED) is 0.513. The van der Waals surface area contributed by atoms with Crippen LogP contribution in [0.4, 0.5) is 0 Å². The van der Waals surface area contributed by atoms with Crippen molar-refractivity contribution < 1.29 is 4.74 Å². The number of nitrogens with zero attached hydrogens (tertiary/aromatic N) is 1. The van der Waals surface area contributed by atoms with Crippen molar-refractivity contribution in [2.45, 2.75) is 12.3 Å². The molecule has 86 valence electrons. The van der Waals surface area contributed by atoms with Crippen molar-refractivity contribution in [2.75, 3.05) is 6.61 Å². The van der Waals surface area contributed by atoms with Gasteiger partial charge in [0.1, 0.15) is 5.76 Å². The van der Waals surface area contributed by atoms with E-state index in [1.54, 1.807) is 6.20 Å². The van der Waals surface area contributed by atoms with Crippen molar-refractivity contribution in [1.29, 1.82) is 0 Å². The normalized spacial score (nSPS) is 11.2. The third-order valence-electron chi connectivity index (χ3n) is 2.04. The van der Waals surface area contributed by atoms with Gasteiger partial charge in [-0.05, 0) is 24.6 Å². The van der Waals surface area contributed by atoms with Gasteiger partial charge in [0.25, 0.3) is 0 Å². The number of allylic oxidation sites excluding steroid dienone is 1. The highest BCUT2D eigenvalue weighted by atomic mass is 79.9. The lowest BCUT2D eigenvalue weighted by Crippen LogP contribution is -2.00. The van der Waals surface area contributed by atoms with Crippen molar-refractivity contribution >= 4 is 21.5 Å². The molecule has 0 aliphatic rings. The van der Waals surface area contributed by atoms with E-state index in [9.17, 15) is 0 Å². The molecule has 0 amide bonds. The van der Waals surface area contributed by atoms with Gasteiger partial charge in [0.15, 0.2) is 0 Å². The molecule has 0 fully saturated rings. The Kier molecular flexibility index (Phi) is 5.05. The minimum absolute atomic E-state index is 0.546. The maximum atomic E-state index is 5.57. The van der Waals surface area contributed by atoms with Crippen LogP contribution in [0.5, 0.6) is 0 Å². The van der Waals surface area contributed by atoms with Gasteiger partial charge in [0, 0.05) is 17.7 Å². The van der Waals surface area contributed by atoms with Gasteiger partial charge in [-0.25, -0.2) is 0 Å². The Balaban J connectivity index is 3.00. The Morgan fingerprint density at radius 3 is 3.00 bits per heavy atom. The second kappa shape index (κ2) is 6.33. The number of nitrogens with two attached hydrogens (primary N) is 1. The summed E-state index contributed by atoms with van der Waals surface area (Å²) in [5.74, 6) is 0.546. The molecule has 0 spiro atoms. The SMILES string of the molecule is C=C(OCC)C(=CN)c1cc(CBr)ccn1. The number of aromatic nitrogens is 1. The van der Waals surface area contributed by atoms with Gasteiger partial charge in [-0.3, -0.25) is 4.98 Å². The summed E-state index contributed by atoms with van der Waals surface area (Å²) >= 11 is 3.40. The zero-order valence-corrected chi connectivity index (χ0v) is 10.8. The number of hydrogen-bond donors (Lipinski definition) is 1. The van der Waals surface area contributed by atoms with Gasteiger partial charge in [-0.2, -0.15) is 0 Å². The van der Waals surface area contributed by atoms with E-state index in [2.05, 4.69) is 27.5 Å². The molecule has 1 aromatic heterocycles. The third-order valence-corrected chi connectivity index (χ3v) is 2.69. The number of alkyl halides is 1. The molecule has 4 heteroatoms. The summed E-state index contributed by atoms with van der Waals surface area (Å²) in [6.45, 7) is 6.29. The van der Waals surface area contributed by atoms with Crippen LogP contribution >= 0.6 is 15.9 Å². The Bertz CT molecular complexity index is 402. The van der Waals surface area contributed by atoms with Crippen LogP contribution in [0.25, 0.3) is 5.57 Å². The van der Waals surface area contributed by atoms with E-state index >= 15 is 0 Å². The predicted octanol–water partition coefficient (Wildman–Crippen LogP) is 2.83. The fraction of sp³-hybridized carbons (Fsp3) is 0.250. The van der Waals surface area contributed by atoms with E-state index in [0.29, 0.717) is 12.4 Å². The molecular formula is C12H15BrN2O. The number of pyridine rings is 1. The molecular weight excluding hydrogens is 268 g/mol. The summed E-state index contributed by atoms with van der Waals surface area (Å²) in [5, 5.41) is 0.779.